The molecule has 0 aliphatic rings. The zero-order valence-electron chi connectivity index (χ0n) is 16.9. The molecule has 5 nitrogen and oxygen atoms in total. The number of amides is 1. The Balaban J connectivity index is 1.95. The smallest absolute Gasteiger partial charge is 0.248 e. The van der Waals surface area contributed by atoms with Crippen LogP contribution in [0.2, 0.25) is 0 Å². The maximum Gasteiger partial charge on any atom is 0.248 e. The highest BCUT2D eigenvalue weighted by Crippen LogP contribution is 2.30. The third kappa shape index (κ3) is 7.37. The van der Waals surface area contributed by atoms with Crippen LogP contribution >= 0.6 is 11.3 Å². The van der Waals surface area contributed by atoms with Crippen LogP contribution in [0.4, 0.5) is 5.69 Å². The lowest BCUT2D eigenvalue weighted by Gasteiger charge is -2.21. The van der Waals surface area contributed by atoms with Gasteiger partial charge in [-0.1, -0.05) is 13.8 Å². The second-order valence-electron chi connectivity index (χ2n) is 6.44. The molecule has 0 bridgehead atoms. The van der Waals surface area contributed by atoms with Gasteiger partial charge in [0.15, 0.2) is 11.5 Å². The highest BCUT2D eigenvalue weighted by Gasteiger charge is 2.09. The van der Waals surface area contributed by atoms with Gasteiger partial charge in [0.25, 0.3) is 0 Å². The van der Waals surface area contributed by atoms with Crippen LogP contribution in [0, 0.1) is 0 Å². The summed E-state index contributed by atoms with van der Waals surface area (Å²) in [7, 11) is 1.62. The molecule has 152 valence electrons. The predicted molar refractivity (Wildman–Crippen MR) is 117 cm³/mol. The Hall–Kier alpha value is -2.31. The Bertz CT molecular complexity index is 738. The fourth-order valence-electron chi connectivity index (χ4n) is 2.85. The zero-order valence-corrected chi connectivity index (χ0v) is 17.8. The SMILES string of the molecule is CCCN(CCC)CCOc1cc(NC(=O)C=Cc2ccsc2)ccc1OC. The van der Waals surface area contributed by atoms with Crippen LogP contribution in [-0.4, -0.2) is 44.2 Å². The monoisotopic (exact) mass is 402 g/mol. The second kappa shape index (κ2) is 12.2. The highest BCUT2D eigenvalue weighted by atomic mass is 32.1. The summed E-state index contributed by atoms with van der Waals surface area (Å²) in [6.07, 6.45) is 5.58. The van der Waals surface area contributed by atoms with E-state index >= 15 is 0 Å². The number of hydrogen-bond donors (Lipinski definition) is 1. The van der Waals surface area contributed by atoms with Crippen molar-refractivity contribution in [1.82, 2.24) is 4.90 Å². The van der Waals surface area contributed by atoms with Gasteiger partial charge in [0, 0.05) is 24.4 Å². The molecule has 1 aromatic heterocycles. The van der Waals surface area contributed by atoms with Gasteiger partial charge in [0.05, 0.1) is 7.11 Å². The number of carbonyl (C=O) groups is 1. The lowest BCUT2D eigenvalue weighted by atomic mass is 10.2. The minimum atomic E-state index is -0.181. The van der Waals surface area contributed by atoms with E-state index in [1.54, 1.807) is 30.6 Å². The third-order valence-electron chi connectivity index (χ3n) is 4.15. The number of thiophene rings is 1. The van der Waals surface area contributed by atoms with Crippen LogP contribution in [-0.2, 0) is 4.79 Å². The average molecular weight is 403 g/mol. The van der Waals surface area contributed by atoms with E-state index in [0.717, 1.165) is 38.0 Å². The molecule has 1 heterocycles. The van der Waals surface area contributed by atoms with Crippen molar-refractivity contribution in [3.05, 3.63) is 46.7 Å². The largest absolute Gasteiger partial charge is 0.493 e. The molecule has 0 unspecified atom stereocenters. The summed E-state index contributed by atoms with van der Waals surface area (Å²) in [5, 5.41) is 6.84. The van der Waals surface area contributed by atoms with E-state index in [-0.39, 0.29) is 5.91 Å². The summed E-state index contributed by atoms with van der Waals surface area (Å²) in [6.45, 7) is 7.95. The first-order valence-electron chi connectivity index (χ1n) is 9.70. The van der Waals surface area contributed by atoms with Crippen molar-refractivity contribution in [2.24, 2.45) is 0 Å². The van der Waals surface area contributed by atoms with Crippen LogP contribution in [0.25, 0.3) is 6.08 Å². The van der Waals surface area contributed by atoms with Crippen LogP contribution < -0.4 is 14.8 Å². The zero-order chi connectivity index (χ0) is 20.2. The minimum absolute atomic E-state index is 0.181. The summed E-state index contributed by atoms with van der Waals surface area (Å²) in [5.74, 6) is 1.11. The number of benzene rings is 1. The van der Waals surface area contributed by atoms with Crippen molar-refractivity contribution in [1.29, 1.82) is 0 Å². The van der Waals surface area contributed by atoms with Crippen molar-refractivity contribution in [2.45, 2.75) is 26.7 Å². The Kier molecular flexibility index (Phi) is 9.59. The number of hydrogen-bond acceptors (Lipinski definition) is 5. The topological polar surface area (TPSA) is 50.8 Å². The summed E-state index contributed by atoms with van der Waals surface area (Å²) < 4.78 is 11.3. The number of methoxy groups -OCH3 is 1. The van der Waals surface area contributed by atoms with Crippen molar-refractivity contribution in [3.8, 4) is 11.5 Å². The van der Waals surface area contributed by atoms with Crippen molar-refractivity contribution < 1.29 is 14.3 Å². The molecule has 28 heavy (non-hydrogen) atoms. The molecule has 0 spiro atoms. The number of nitrogens with zero attached hydrogens (tertiary/aromatic N) is 1. The van der Waals surface area contributed by atoms with Gasteiger partial charge >= 0.3 is 0 Å². The van der Waals surface area contributed by atoms with E-state index in [2.05, 4.69) is 24.1 Å². The Morgan fingerprint density at radius 2 is 1.93 bits per heavy atom. The van der Waals surface area contributed by atoms with Crippen LogP contribution in [0.1, 0.15) is 32.3 Å². The van der Waals surface area contributed by atoms with E-state index in [4.69, 9.17) is 9.47 Å². The minimum Gasteiger partial charge on any atom is -0.493 e. The Labute approximate surface area is 172 Å². The summed E-state index contributed by atoms with van der Waals surface area (Å²) in [4.78, 5) is 14.5. The quantitative estimate of drug-likeness (QED) is 0.513. The van der Waals surface area contributed by atoms with Crippen molar-refractivity contribution in [3.63, 3.8) is 0 Å². The fourth-order valence-corrected chi connectivity index (χ4v) is 3.47. The molecule has 0 atom stereocenters. The Morgan fingerprint density at radius 1 is 1.14 bits per heavy atom. The number of ether oxygens (including phenoxy) is 2. The molecule has 0 saturated heterocycles. The highest BCUT2D eigenvalue weighted by molar-refractivity contribution is 7.08. The van der Waals surface area contributed by atoms with Gasteiger partial charge in [-0.15, -0.1) is 0 Å². The van der Waals surface area contributed by atoms with Gasteiger partial charge in [-0.3, -0.25) is 9.69 Å². The summed E-state index contributed by atoms with van der Waals surface area (Å²) in [6, 6.07) is 7.39. The van der Waals surface area contributed by atoms with Crippen LogP contribution in [0.3, 0.4) is 0 Å². The maximum absolute atomic E-state index is 12.1. The third-order valence-corrected chi connectivity index (χ3v) is 4.85. The van der Waals surface area contributed by atoms with Crippen molar-refractivity contribution >= 4 is 29.0 Å². The van der Waals surface area contributed by atoms with E-state index in [1.165, 1.54) is 6.08 Å². The average Bonchev–Trinajstić information content (AvgIpc) is 3.21. The van der Waals surface area contributed by atoms with Crippen molar-refractivity contribution in [2.75, 3.05) is 38.7 Å². The molecule has 0 aliphatic carbocycles. The first-order valence-corrected chi connectivity index (χ1v) is 10.6. The lowest BCUT2D eigenvalue weighted by molar-refractivity contribution is -0.111. The van der Waals surface area contributed by atoms with Crippen LogP contribution in [0.15, 0.2) is 41.1 Å². The molecule has 2 aromatic rings. The van der Waals surface area contributed by atoms with Gasteiger partial charge in [-0.2, -0.15) is 11.3 Å². The second-order valence-corrected chi connectivity index (χ2v) is 7.22. The molecule has 0 saturated carbocycles. The van der Waals surface area contributed by atoms with Gasteiger partial charge < -0.3 is 14.8 Å². The van der Waals surface area contributed by atoms with Gasteiger partial charge in [-0.05, 0) is 66.5 Å². The van der Waals surface area contributed by atoms with Gasteiger partial charge in [-0.25, -0.2) is 0 Å². The molecular weight excluding hydrogens is 372 g/mol. The lowest BCUT2D eigenvalue weighted by Crippen LogP contribution is -2.30. The molecule has 0 aliphatic heterocycles. The molecule has 1 N–H and O–H groups in total. The van der Waals surface area contributed by atoms with E-state index in [1.807, 2.05) is 29.0 Å². The van der Waals surface area contributed by atoms with E-state index in [0.29, 0.717) is 23.8 Å². The van der Waals surface area contributed by atoms with E-state index in [9.17, 15) is 4.79 Å². The standard InChI is InChI=1S/C22H30N2O3S/c1-4-11-24(12-5-2)13-14-27-21-16-19(7-8-20(21)26-3)23-22(25)9-6-18-10-15-28-17-18/h6-10,15-17H,4-5,11-14H2,1-3H3,(H,23,25). The molecule has 2 rings (SSSR count). The van der Waals surface area contributed by atoms with Gasteiger partial charge in [0.1, 0.15) is 6.61 Å². The molecule has 1 amide bonds. The molecule has 6 heteroatoms. The number of carbonyl (C=O) groups excluding carboxylic acids is 1. The fraction of sp³-hybridized carbons (Fsp3) is 0.409. The molecule has 1 aromatic carbocycles. The number of nitrogens with one attached hydrogen (secondary N) is 1. The molecule has 0 radical (unpaired) electrons. The summed E-state index contributed by atoms with van der Waals surface area (Å²) >= 11 is 1.60. The van der Waals surface area contributed by atoms with Crippen LogP contribution in [0.5, 0.6) is 11.5 Å². The first kappa shape index (κ1) is 22.0. The summed E-state index contributed by atoms with van der Waals surface area (Å²) in [5.41, 5.74) is 1.69. The first-order chi connectivity index (χ1) is 13.7. The predicted octanol–water partition coefficient (Wildman–Crippen LogP) is 4.91. The van der Waals surface area contributed by atoms with Gasteiger partial charge in [0.2, 0.25) is 5.91 Å². The number of anilines is 1. The van der Waals surface area contributed by atoms with E-state index < -0.39 is 0 Å². The molecular formula is C22H30N2O3S. The Morgan fingerprint density at radius 3 is 2.57 bits per heavy atom. The molecule has 0 fully saturated rings. The number of rotatable bonds is 12. The maximum atomic E-state index is 12.1. The normalized spacial score (nSPS) is 11.1.